The maximum Gasteiger partial charge on any atom is 0.328 e. The smallest absolute Gasteiger partial charge is 0.328 e. The molecular weight excluding hydrogens is 353 g/mol. The van der Waals surface area contributed by atoms with Crippen LogP contribution in [0.3, 0.4) is 0 Å². The molecule has 0 spiro atoms. The summed E-state index contributed by atoms with van der Waals surface area (Å²) in [7, 11) is 0. The molecule has 24 heavy (non-hydrogen) atoms. The summed E-state index contributed by atoms with van der Waals surface area (Å²) < 4.78 is 6.95. The third-order valence-corrected chi connectivity index (χ3v) is 4.03. The van der Waals surface area contributed by atoms with E-state index in [-0.39, 0.29) is 23.6 Å². The van der Waals surface area contributed by atoms with Crippen molar-refractivity contribution in [2.45, 2.75) is 6.54 Å². The van der Waals surface area contributed by atoms with Crippen LogP contribution >= 0.6 is 23.2 Å². The van der Waals surface area contributed by atoms with Crippen molar-refractivity contribution in [2.75, 3.05) is 12.3 Å². The molecule has 124 valence electrons. The van der Waals surface area contributed by atoms with Crippen molar-refractivity contribution in [3.05, 3.63) is 67.3 Å². The van der Waals surface area contributed by atoms with Crippen LogP contribution in [0.15, 0.2) is 46.0 Å². The molecule has 3 aromatic rings. The molecule has 1 heterocycles. The largest absolute Gasteiger partial charge is 0.490 e. The first-order valence-corrected chi connectivity index (χ1v) is 7.82. The van der Waals surface area contributed by atoms with Crippen LogP contribution in [-0.4, -0.2) is 16.2 Å². The average Bonchev–Trinajstić information content (AvgIpc) is 2.51. The highest BCUT2D eigenvalue weighted by Crippen LogP contribution is 2.24. The van der Waals surface area contributed by atoms with E-state index in [2.05, 4.69) is 4.98 Å². The van der Waals surface area contributed by atoms with E-state index < -0.39 is 11.2 Å². The lowest BCUT2D eigenvalue weighted by atomic mass is 10.2. The standard InChI is InChI=1S/C16H13Cl2N3O3/c17-9-7-10(18)14-12(8-9)21(16(23)20-15(14)22)5-6-24-13-4-2-1-3-11(13)19/h1-4,7-8H,5-6,19H2,(H,20,22,23). The average molecular weight is 366 g/mol. The SMILES string of the molecule is Nc1ccccc1OCCn1c(=O)[nH]c(=O)c2c(Cl)cc(Cl)cc21. The molecular formula is C16H13Cl2N3O3. The third kappa shape index (κ3) is 3.11. The van der Waals surface area contributed by atoms with Gasteiger partial charge in [0, 0.05) is 5.02 Å². The van der Waals surface area contributed by atoms with Gasteiger partial charge in [0.05, 0.1) is 28.2 Å². The van der Waals surface area contributed by atoms with Gasteiger partial charge in [0.25, 0.3) is 5.56 Å². The van der Waals surface area contributed by atoms with E-state index in [0.717, 1.165) is 0 Å². The van der Waals surface area contributed by atoms with Crippen LogP contribution in [-0.2, 0) is 6.54 Å². The Hall–Kier alpha value is -2.44. The summed E-state index contributed by atoms with van der Waals surface area (Å²) in [6.07, 6.45) is 0. The predicted molar refractivity (Wildman–Crippen MR) is 95.2 cm³/mol. The van der Waals surface area contributed by atoms with Crippen molar-refractivity contribution >= 4 is 39.8 Å². The van der Waals surface area contributed by atoms with Crippen LogP contribution in [0, 0.1) is 0 Å². The van der Waals surface area contributed by atoms with E-state index in [0.29, 0.717) is 22.0 Å². The topological polar surface area (TPSA) is 90.1 Å². The Morgan fingerprint density at radius 3 is 2.67 bits per heavy atom. The first-order chi connectivity index (χ1) is 11.5. The van der Waals surface area contributed by atoms with Gasteiger partial charge in [-0.3, -0.25) is 14.3 Å². The summed E-state index contributed by atoms with van der Waals surface area (Å²) in [6, 6.07) is 10.0. The zero-order valence-corrected chi connectivity index (χ0v) is 13.9. The summed E-state index contributed by atoms with van der Waals surface area (Å²) in [5.74, 6) is 0.523. The van der Waals surface area contributed by atoms with Crippen molar-refractivity contribution in [2.24, 2.45) is 0 Å². The van der Waals surface area contributed by atoms with Crippen LogP contribution in [0.4, 0.5) is 5.69 Å². The highest BCUT2D eigenvalue weighted by atomic mass is 35.5. The molecule has 8 heteroatoms. The molecule has 3 N–H and O–H groups in total. The Balaban J connectivity index is 1.96. The number of fused-ring (bicyclic) bond motifs is 1. The lowest BCUT2D eigenvalue weighted by Gasteiger charge is -2.12. The molecule has 0 fully saturated rings. The van der Waals surface area contributed by atoms with Gasteiger partial charge in [0.15, 0.2) is 0 Å². The molecule has 0 atom stereocenters. The van der Waals surface area contributed by atoms with Gasteiger partial charge in [0.1, 0.15) is 12.4 Å². The van der Waals surface area contributed by atoms with E-state index in [1.807, 2.05) is 0 Å². The number of rotatable bonds is 4. The first kappa shape index (κ1) is 16.4. The van der Waals surface area contributed by atoms with Crippen molar-refractivity contribution in [1.29, 1.82) is 0 Å². The van der Waals surface area contributed by atoms with Gasteiger partial charge in [-0.05, 0) is 24.3 Å². The summed E-state index contributed by atoms with van der Waals surface area (Å²) in [6.45, 7) is 0.372. The lowest BCUT2D eigenvalue weighted by molar-refractivity contribution is 0.299. The Labute approximate surface area is 146 Å². The summed E-state index contributed by atoms with van der Waals surface area (Å²) in [5, 5.41) is 0.722. The molecule has 3 rings (SSSR count). The van der Waals surface area contributed by atoms with Gasteiger partial charge in [0.2, 0.25) is 0 Å². The van der Waals surface area contributed by atoms with Crippen molar-refractivity contribution in [3.63, 3.8) is 0 Å². The van der Waals surface area contributed by atoms with Crippen LogP contribution in [0.2, 0.25) is 10.0 Å². The Morgan fingerprint density at radius 2 is 1.92 bits per heavy atom. The minimum Gasteiger partial charge on any atom is -0.490 e. The van der Waals surface area contributed by atoms with E-state index in [9.17, 15) is 9.59 Å². The number of benzene rings is 2. The normalized spacial score (nSPS) is 10.9. The number of nitrogens with one attached hydrogen (secondary N) is 1. The molecule has 0 aliphatic rings. The monoisotopic (exact) mass is 365 g/mol. The minimum absolute atomic E-state index is 0.180. The van der Waals surface area contributed by atoms with Crippen molar-refractivity contribution in [3.8, 4) is 5.75 Å². The second kappa shape index (κ2) is 6.59. The van der Waals surface area contributed by atoms with Crippen molar-refractivity contribution < 1.29 is 4.74 Å². The van der Waals surface area contributed by atoms with E-state index in [4.69, 9.17) is 33.7 Å². The molecule has 0 saturated heterocycles. The van der Waals surface area contributed by atoms with Crippen molar-refractivity contribution in [1.82, 2.24) is 9.55 Å². The number of anilines is 1. The van der Waals surface area contributed by atoms with Crippen LogP contribution in [0.5, 0.6) is 5.75 Å². The quantitative estimate of drug-likeness (QED) is 0.695. The second-order valence-electron chi connectivity index (χ2n) is 5.08. The summed E-state index contributed by atoms with van der Waals surface area (Å²) >= 11 is 12.1. The fourth-order valence-electron chi connectivity index (χ4n) is 2.42. The van der Waals surface area contributed by atoms with Gasteiger partial charge >= 0.3 is 5.69 Å². The van der Waals surface area contributed by atoms with Crippen LogP contribution in [0.1, 0.15) is 0 Å². The predicted octanol–water partition coefficient (Wildman–Crippen LogP) is 2.66. The highest BCUT2D eigenvalue weighted by molar-refractivity contribution is 6.38. The summed E-state index contributed by atoms with van der Waals surface area (Å²) in [5.41, 5.74) is 5.54. The Kier molecular flexibility index (Phi) is 4.51. The first-order valence-electron chi connectivity index (χ1n) is 7.06. The number of H-pyrrole nitrogens is 1. The van der Waals surface area contributed by atoms with Gasteiger partial charge in [-0.1, -0.05) is 35.3 Å². The number of hydrogen-bond donors (Lipinski definition) is 2. The van der Waals surface area contributed by atoms with Crippen LogP contribution < -0.4 is 21.7 Å². The van der Waals surface area contributed by atoms with Gasteiger partial charge in [-0.25, -0.2) is 4.79 Å². The third-order valence-electron chi connectivity index (χ3n) is 3.51. The molecule has 0 aliphatic heterocycles. The molecule has 6 nitrogen and oxygen atoms in total. The fourth-order valence-corrected chi connectivity index (χ4v) is 2.98. The molecule has 1 aromatic heterocycles. The highest BCUT2D eigenvalue weighted by Gasteiger charge is 2.12. The molecule has 0 amide bonds. The maximum absolute atomic E-state index is 12.1. The zero-order chi connectivity index (χ0) is 17.3. The summed E-state index contributed by atoms with van der Waals surface area (Å²) in [4.78, 5) is 26.4. The van der Waals surface area contributed by atoms with Gasteiger partial charge in [-0.15, -0.1) is 0 Å². The Morgan fingerprint density at radius 1 is 1.17 bits per heavy atom. The van der Waals surface area contributed by atoms with Crippen LogP contribution in [0.25, 0.3) is 10.9 Å². The number of hydrogen-bond acceptors (Lipinski definition) is 4. The van der Waals surface area contributed by atoms with Gasteiger partial charge in [-0.2, -0.15) is 0 Å². The minimum atomic E-state index is -0.560. The number of para-hydroxylation sites is 2. The number of halogens is 2. The maximum atomic E-state index is 12.1. The molecule has 0 aliphatic carbocycles. The number of ether oxygens (including phenoxy) is 1. The second-order valence-corrected chi connectivity index (χ2v) is 5.92. The fraction of sp³-hybridized carbons (Fsp3) is 0.125. The number of aromatic nitrogens is 2. The number of aromatic amines is 1. The molecule has 0 saturated carbocycles. The molecule has 0 radical (unpaired) electrons. The van der Waals surface area contributed by atoms with E-state index in [1.54, 1.807) is 24.3 Å². The molecule has 0 unspecified atom stereocenters. The van der Waals surface area contributed by atoms with E-state index >= 15 is 0 Å². The molecule has 2 aromatic carbocycles. The van der Waals surface area contributed by atoms with Gasteiger partial charge < -0.3 is 10.5 Å². The number of nitrogens with zero attached hydrogens (tertiary/aromatic N) is 1. The number of nitrogens with two attached hydrogens (primary N) is 1. The zero-order valence-electron chi connectivity index (χ0n) is 12.4. The molecule has 0 bridgehead atoms. The van der Waals surface area contributed by atoms with E-state index in [1.165, 1.54) is 16.7 Å². The number of nitrogen functional groups attached to an aromatic ring is 1. The Bertz CT molecular complexity index is 1030. The lowest BCUT2D eigenvalue weighted by Crippen LogP contribution is -2.32.